The van der Waals surface area contributed by atoms with Crippen molar-refractivity contribution >= 4 is 17.8 Å². The minimum absolute atomic E-state index is 0.0108. The molecule has 0 bridgehead atoms. The number of aromatic carboxylic acids is 1. The Morgan fingerprint density at radius 2 is 1.67 bits per heavy atom. The van der Waals surface area contributed by atoms with Gasteiger partial charge in [0.1, 0.15) is 0 Å². The number of nitrogens with zero attached hydrogens (tertiary/aromatic N) is 3. The summed E-state index contributed by atoms with van der Waals surface area (Å²) in [6.45, 7) is 1.28. The van der Waals surface area contributed by atoms with Crippen LogP contribution < -0.4 is 5.11 Å². The van der Waals surface area contributed by atoms with Crippen LogP contribution in [0.3, 0.4) is 0 Å². The molecule has 1 fully saturated rings. The number of carboxylic acid groups (broad SMARTS) is 1. The van der Waals surface area contributed by atoms with Crippen molar-refractivity contribution in [3.8, 4) is 0 Å². The van der Waals surface area contributed by atoms with Crippen molar-refractivity contribution in [2.24, 2.45) is 0 Å². The summed E-state index contributed by atoms with van der Waals surface area (Å²) >= 11 is 0. The van der Waals surface area contributed by atoms with Gasteiger partial charge >= 0.3 is 0 Å². The second-order valence-corrected chi connectivity index (χ2v) is 5.25. The molecule has 0 aromatic carbocycles. The summed E-state index contributed by atoms with van der Waals surface area (Å²) in [5, 5.41) is 11.1. The first-order valence-electron chi connectivity index (χ1n) is 7.36. The van der Waals surface area contributed by atoms with Crippen molar-refractivity contribution in [3.63, 3.8) is 0 Å². The molecule has 2 aromatic heterocycles. The van der Waals surface area contributed by atoms with Crippen LogP contribution in [0.2, 0.25) is 0 Å². The molecule has 24 heavy (non-hydrogen) atoms. The molecule has 1 aliphatic rings. The molecule has 0 unspecified atom stereocenters. The van der Waals surface area contributed by atoms with Gasteiger partial charge in [0.2, 0.25) is 0 Å². The number of carbonyl (C=O) groups excluding carboxylic acids is 3. The number of aromatic nitrogens is 1. The third-order valence-electron chi connectivity index (χ3n) is 3.82. The quantitative estimate of drug-likeness (QED) is 0.761. The minimum Gasteiger partial charge on any atom is -0.543 e. The molecule has 0 atom stereocenters. The standard InChI is InChI=1S/C16H15N3O5/c20-14(11-3-1-5-17-13(11)16(22)23)18-6-8-19(9-7-18)15(21)12-4-2-10-24-12/h1-5,10H,6-9H2,(H,22,23)/p-1. The van der Waals surface area contributed by atoms with Gasteiger partial charge in [0.25, 0.3) is 11.8 Å². The monoisotopic (exact) mass is 328 g/mol. The smallest absolute Gasteiger partial charge is 0.289 e. The van der Waals surface area contributed by atoms with E-state index in [0.717, 1.165) is 0 Å². The number of furan rings is 1. The number of amides is 2. The summed E-state index contributed by atoms with van der Waals surface area (Å²) in [4.78, 5) is 42.5. The zero-order chi connectivity index (χ0) is 17.1. The Balaban J connectivity index is 1.68. The Kier molecular flexibility index (Phi) is 4.28. The van der Waals surface area contributed by atoms with Crippen LogP contribution in [0, 0.1) is 0 Å². The van der Waals surface area contributed by atoms with Crippen molar-refractivity contribution < 1.29 is 23.9 Å². The summed E-state index contributed by atoms with van der Waals surface area (Å²) in [6, 6.07) is 6.12. The third-order valence-corrected chi connectivity index (χ3v) is 3.82. The van der Waals surface area contributed by atoms with Crippen LogP contribution in [0.4, 0.5) is 0 Å². The SMILES string of the molecule is O=C([O-])c1ncccc1C(=O)N1CCN(C(=O)c2ccco2)CC1. The van der Waals surface area contributed by atoms with Crippen LogP contribution in [-0.2, 0) is 0 Å². The van der Waals surface area contributed by atoms with Gasteiger partial charge in [0.15, 0.2) is 5.76 Å². The lowest BCUT2D eigenvalue weighted by atomic mass is 10.1. The molecule has 0 radical (unpaired) electrons. The lowest BCUT2D eigenvalue weighted by Gasteiger charge is -2.34. The average molecular weight is 328 g/mol. The van der Waals surface area contributed by atoms with Crippen LogP contribution in [0.1, 0.15) is 31.4 Å². The molecule has 0 saturated carbocycles. The van der Waals surface area contributed by atoms with Crippen molar-refractivity contribution in [1.29, 1.82) is 0 Å². The summed E-state index contributed by atoms with van der Waals surface area (Å²) in [5.41, 5.74) is -0.389. The lowest BCUT2D eigenvalue weighted by molar-refractivity contribution is -0.255. The molecule has 0 spiro atoms. The summed E-state index contributed by atoms with van der Waals surface area (Å²) in [6.07, 6.45) is 2.72. The highest BCUT2D eigenvalue weighted by Crippen LogP contribution is 2.13. The molecule has 0 N–H and O–H groups in total. The van der Waals surface area contributed by atoms with Gasteiger partial charge in [-0.1, -0.05) is 0 Å². The number of rotatable bonds is 3. The maximum Gasteiger partial charge on any atom is 0.289 e. The molecule has 1 saturated heterocycles. The molecule has 3 heterocycles. The molecule has 3 rings (SSSR count). The fourth-order valence-electron chi connectivity index (χ4n) is 2.58. The maximum atomic E-state index is 12.5. The molecular formula is C16H14N3O5-. The van der Waals surface area contributed by atoms with Crippen molar-refractivity contribution in [1.82, 2.24) is 14.8 Å². The second kappa shape index (κ2) is 6.53. The molecule has 8 nitrogen and oxygen atoms in total. The van der Waals surface area contributed by atoms with Gasteiger partial charge in [-0.15, -0.1) is 0 Å². The van der Waals surface area contributed by atoms with E-state index >= 15 is 0 Å². The zero-order valence-corrected chi connectivity index (χ0v) is 12.7. The number of carbonyl (C=O) groups is 3. The highest BCUT2D eigenvalue weighted by molar-refractivity contribution is 6.03. The maximum absolute atomic E-state index is 12.5. The van der Waals surface area contributed by atoms with Crippen molar-refractivity contribution in [2.45, 2.75) is 0 Å². The van der Waals surface area contributed by atoms with Crippen molar-refractivity contribution in [3.05, 3.63) is 53.7 Å². The van der Waals surface area contributed by atoms with E-state index in [-0.39, 0.29) is 22.9 Å². The predicted molar refractivity (Wildman–Crippen MR) is 79.1 cm³/mol. The van der Waals surface area contributed by atoms with Crippen molar-refractivity contribution in [2.75, 3.05) is 26.2 Å². The van der Waals surface area contributed by atoms with Gasteiger partial charge in [-0.2, -0.15) is 0 Å². The lowest BCUT2D eigenvalue weighted by Crippen LogP contribution is -2.50. The molecule has 8 heteroatoms. The molecule has 124 valence electrons. The molecule has 2 amide bonds. The van der Waals surface area contributed by atoms with E-state index < -0.39 is 11.9 Å². The Labute approximate surface area is 137 Å². The van der Waals surface area contributed by atoms with Gasteiger partial charge < -0.3 is 24.1 Å². The average Bonchev–Trinajstić information content (AvgIpc) is 3.15. The highest BCUT2D eigenvalue weighted by Gasteiger charge is 2.27. The van der Waals surface area contributed by atoms with Crippen LogP contribution in [0.5, 0.6) is 0 Å². The van der Waals surface area contributed by atoms with Crippen LogP contribution in [0.25, 0.3) is 0 Å². The van der Waals surface area contributed by atoms with Gasteiger partial charge in [0, 0.05) is 32.4 Å². The third kappa shape index (κ3) is 2.98. The van der Waals surface area contributed by atoms with E-state index in [1.54, 1.807) is 17.0 Å². The molecule has 1 aliphatic heterocycles. The number of piperazine rings is 1. The van der Waals surface area contributed by atoms with Crippen LogP contribution in [0.15, 0.2) is 41.1 Å². The van der Waals surface area contributed by atoms with E-state index in [1.807, 2.05) is 0 Å². The molecular weight excluding hydrogens is 314 g/mol. The Morgan fingerprint density at radius 3 is 2.25 bits per heavy atom. The largest absolute Gasteiger partial charge is 0.543 e. The number of hydrogen-bond acceptors (Lipinski definition) is 6. The van der Waals surface area contributed by atoms with Gasteiger partial charge in [-0.3, -0.25) is 14.6 Å². The topological polar surface area (TPSA) is 107 Å². The highest BCUT2D eigenvalue weighted by atomic mass is 16.4. The van der Waals surface area contributed by atoms with Gasteiger partial charge in [-0.05, 0) is 24.3 Å². The fraction of sp³-hybridized carbons (Fsp3) is 0.250. The minimum atomic E-state index is -1.49. The first-order valence-corrected chi connectivity index (χ1v) is 7.36. The second-order valence-electron chi connectivity index (χ2n) is 5.25. The van der Waals surface area contributed by atoms with E-state index in [1.165, 1.54) is 29.5 Å². The number of hydrogen-bond donors (Lipinski definition) is 0. The van der Waals surface area contributed by atoms with E-state index in [4.69, 9.17) is 4.42 Å². The van der Waals surface area contributed by atoms with E-state index in [9.17, 15) is 19.5 Å². The predicted octanol–water partition coefficient (Wildman–Crippen LogP) is -0.364. The molecule has 0 aliphatic carbocycles. The van der Waals surface area contributed by atoms with E-state index in [0.29, 0.717) is 26.2 Å². The molecule has 2 aromatic rings. The fourth-order valence-corrected chi connectivity index (χ4v) is 2.58. The van der Waals surface area contributed by atoms with E-state index in [2.05, 4.69) is 4.98 Å². The normalized spacial score (nSPS) is 14.5. The summed E-state index contributed by atoms with van der Waals surface area (Å²) < 4.78 is 5.08. The first kappa shape index (κ1) is 15.7. The Hall–Kier alpha value is -3.16. The summed E-state index contributed by atoms with van der Waals surface area (Å²) in [7, 11) is 0. The van der Waals surface area contributed by atoms with Crippen LogP contribution in [-0.4, -0.2) is 58.7 Å². The number of carboxylic acids is 1. The summed E-state index contributed by atoms with van der Waals surface area (Å²) in [5.74, 6) is -1.91. The first-order chi connectivity index (χ1) is 11.6. The van der Waals surface area contributed by atoms with Gasteiger partial charge in [0.05, 0.1) is 23.5 Å². The van der Waals surface area contributed by atoms with Gasteiger partial charge in [-0.25, -0.2) is 0 Å². The van der Waals surface area contributed by atoms with Crippen LogP contribution >= 0.6 is 0 Å². The number of pyridine rings is 1. The zero-order valence-electron chi connectivity index (χ0n) is 12.7. The Morgan fingerprint density at radius 1 is 1.00 bits per heavy atom. The Bertz CT molecular complexity index is 764.